The van der Waals surface area contributed by atoms with E-state index >= 15 is 0 Å². The number of aliphatic hydroxyl groups is 1. The Hall–Kier alpha value is -0.0200. The molecule has 2 N–H and O–H groups in total. The molecule has 0 aromatic rings. The summed E-state index contributed by atoms with van der Waals surface area (Å²) in [6, 6.07) is 0. The predicted molar refractivity (Wildman–Crippen MR) is 244 cm³/mol. The van der Waals surface area contributed by atoms with Crippen molar-refractivity contribution >= 4 is 16.3 Å². The molecule has 12 heteroatoms. The Balaban J connectivity index is 4.24. The van der Waals surface area contributed by atoms with Gasteiger partial charge in [-0.15, -0.1) is 0 Å². The first-order valence-corrected chi connectivity index (χ1v) is 27.1. The monoisotopic (exact) mass is 853 g/mol. The van der Waals surface area contributed by atoms with Crippen molar-refractivity contribution in [2.45, 2.75) is 227 Å². The summed E-state index contributed by atoms with van der Waals surface area (Å²) in [7, 11) is -4.79. The van der Waals surface area contributed by atoms with E-state index in [-0.39, 0.29) is 6.61 Å². The highest BCUT2D eigenvalue weighted by molar-refractivity contribution is 7.51. The van der Waals surface area contributed by atoms with Crippen LogP contribution in [0.1, 0.15) is 227 Å². The zero-order valence-electron chi connectivity index (χ0n) is 38.2. The van der Waals surface area contributed by atoms with Crippen LogP contribution in [-0.4, -0.2) is 80.3 Å². The van der Waals surface area contributed by atoms with Crippen LogP contribution in [0.4, 0.5) is 0 Å². The molecule has 0 fully saturated rings. The van der Waals surface area contributed by atoms with Crippen LogP contribution < -0.4 is 5.09 Å². The van der Waals surface area contributed by atoms with Crippen LogP contribution in [0.25, 0.3) is 0 Å². The Morgan fingerprint density at radius 2 is 0.912 bits per heavy atom. The zero-order valence-corrected chi connectivity index (χ0v) is 40.0. The van der Waals surface area contributed by atoms with Crippen molar-refractivity contribution in [3.8, 4) is 0 Å². The summed E-state index contributed by atoms with van der Waals surface area (Å²) in [5.41, 5.74) is 0. The number of rotatable bonds is 49. The Morgan fingerprint density at radius 3 is 1.39 bits per heavy atom. The summed E-state index contributed by atoms with van der Waals surface area (Å²) in [4.78, 5) is 15.3. The van der Waals surface area contributed by atoms with Crippen molar-refractivity contribution in [2.24, 2.45) is 0 Å². The molecule has 2 unspecified atom stereocenters. The van der Waals surface area contributed by atoms with E-state index in [0.29, 0.717) is 46.1 Å². The molecule has 0 amide bonds. The maximum atomic E-state index is 13.1. The third-order valence-electron chi connectivity index (χ3n) is 10.6. The molecule has 57 heavy (non-hydrogen) atoms. The maximum absolute atomic E-state index is 13.1. The van der Waals surface area contributed by atoms with Crippen molar-refractivity contribution in [3.63, 3.8) is 0 Å². The molecule has 0 aliphatic carbocycles. The minimum absolute atomic E-state index is 0.169. The van der Waals surface area contributed by atoms with E-state index in [1.165, 1.54) is 109 Å². The summed E-state index contributed by atoms with van der Waals surface area (Å²) in [6.45, 7) is 14.5. The number of hydrogen-bond donors (Lipinski definition) is 2. The highest BCUT2D eigenvalue weighted by Crippen LogP contribution is 2.43. The van der Waals surface area contributed by atoms with Gasteiger partial charge in [-0.3, -0.25) is 18.1 Å². The first-order valence-electron chi connectivity index (χ1n) is 24.4. The van der Waals surface area contributed by atoms with Gasteiger partial charge in [-0.2, -0.15) is 0 Å². The topological polar surface area (TPSA) is 110 Å². The van der Waals surface area contributed by atoms with Crippen LogP contribution in [0.5, 0.6) is 0 Å². The summed E-state index contributed by atoms with van der Waals surface area (Å²) < 4.78 is 37.6. The molecule has 0 aromatic heterocycles. The van der Waals surface area contributed by atoms with E-state index in [2.05, 4.69) is 30.8 Å². The van der Waals surface area contributed by atoms with E-state index in [0.717, 1.165) is 108 Å². The van der Waals surface area contributed by atoms with Crippen LogP contribution in [0.15, 0.2) is 0 Å². The second-order valence-electron chi connectivity index (χ2n) is 16.1. The lowest BCUT2D eigenvalue weighted by Crippen LogP contribution is -2.29. The number of aliphatic hydroxyl groups excluding tert-OH is 1. The van der Waals surface area contributed by atoms with Crippen molar-refractivity contribution in [1.82, 2.24) is 9.99 Å². The van der Waals surface area contributed by atoms with Gasteiger partial charge >= 0.3 is 16.3 Å². The van der Waals surface area contributed by atoms with E-state index in [1.807, 2.05) is 6.92 Å². The Labute approximate surface area is 355 Å². The third-order valence-corrected chi connectivity index (χ3v) is 13.7. The highest BCUT2D eigenvalue weighted by Gasteiger charge is 2.31. The fourth-order valence-electron chi connectivity index (χ4n) is 6.99. The molecule has 0 aliphatic rings. The van der Waals surface area contributed by atoms with E-state index in [1.54, 1.807) is 0 Å². The van der Waals surface area contributed by atoms with Crippen molar-refractivity contribution in [1.29, 1.82) is 0 Å². The fraction of sp³-hybridized carbons (Fsp3) is 1.00. The van der Waals surface area contributed by atoms with Crippen LogP contribution in [0.2, 0.25) is 0 Å². The molecule has 0 saturated heterocycles. The molecule has 0 bridgehead atoms. The van der Waals surface area contributed by atoms with Gasteiger partial charge in [0.2, 0.25) is 0 Å². The molecule has 342 valence electrons. The Kier molecular flexibility index (Phi) is 45.5. The van der Waals surface area contributed by atoms with Gasteiger partial charge < -0.3 is 10.0 Å². The molecule has 0 heterocycles. The lowest BCUT2D eigenvalue weighted by molar-refractivity contribution is -0.412. The smallest absolute Gasteiger partial charge is 0.395 e. The van der Waals surface area contributed by atoms with Crippen molar-refractivity contribution in [3.05, 3.63) is 4.91 Å². The number of nitroso groups, excluding NO2 is 1. The molecule has 10 nitrogen and oxygen atoms in total. The molecule has 0 aliphatic heterocycles. The summed E-state index contributed by atoms with van der Waals surface area (Å²) in [6.07, 6.45) is 36.5. The Morgan fingerprint density at radius 1 is 0.509 bits per heavy atom. The average molecular weight is 853 g/mol. The second kappa shape index (κ2) is 45.5. The number of hydrogen-bond acceptors (Lipinski definition) is 8. The van der Waals surface area contributed by atoms with E-state index in [9.17, 15) is 14.6 Å². The van der Waals surface area contributed by atoms with Crippen molar-refractivity contribution in [2.75, 3.05) is 65.8 Å². The first-order chi connectivity index (χ1) is 28.0. The Bertz CT molecular complexity index is 877. The minimum Gasteiger partial charge on any atom is -0.395 e. The number of unbranched alkanes of at least 4 members (excludes halogenated alkanes) is 26. The molecular weight excluding hydrogens is 756 g/mol. The van der Waals surface area contributed by atoms with Gasteiger partial charge in [0.25, 0.3) is 0 Å². The lowest BCUT2D eigenvalue weighted by Gasteiger charge is -2.21. The molecule has 0 saturated carbocycles. The van der Waals surface area contributed by atoms with Gasteiger partial charge in [0.05, 0.1) is 37.6 Å². The van der Waals surface area contributed by atoms with Gasteiger partial charge in [-0.1, -0.05) is 162 Å². The SMILES string of the molecule is CCCCCCCCCCCNP(=O)(OCC)OCCCCCN(CCO)CCCCCCCOP(OCCCCCCCCC)[N+](=O)CCCCCCCCC. The summed E-state index contributed by atoms with van der Waals surface area (Å²) in [5.74, 6) is 0. The summed E-state index contributed by atoms with van der Waals surface area (Å²) >= 11 is 0. The van der Waals surface area contributed by atoms with Gasteiger partial charge in [-0.25, -0.2) is 9.65 Å². The molecule has 0 aromatic carbocycles. The maximum Gasteiger partial charge on any atom is 0.551 e. The highest BCUT2D eigenvalue weighted by atomic mass is 31.2. The molecule has 0 spiro atoms. The minimum atomic E-state index is -3.25. The predicted octanol–water partition coefficient (Wildman–Crippen LogP) is 14.2. The fourth-order valence-corrected chi connectivity index (χ4v) is 9.60. The van der Waals surface area contributed by atoms with Crippen LogP contribution >= 0.6 is 16.3 Å². The zero-order chi connectivity index (χ0) is 41.8. The van der Waals surface area contributed by atoms with Crippen molar-refractivity contribution < 1.29 is 32.3 Å². The number of nitrogens with zero attached hydrogens (tertiary/aromatic N) is 2. The normalized spacial score (nSPS) is 13.4. The van der Waals surface area contributed by atoms with Crippen LogP contribution in [0, 0.1) is 4.91 Å². The van der Waals surface area contributed by atoms with Crippen LogP contribution in [-0.2, 0) is 22.7 Å². The van der Waals surface area contributed by atoms with Crippen LogP contribution in [0.3, 0.4) is 0 Å². The lowest BCUT2D eigenvalue weighted by atomic mass is 10.1. The standard InChI is InChI=1S/C45H96N3O7P2/c1-5-9-12-15-18-19-20-24-30-37-46-57(51,54-8-4)55-45-36-29-32-39-47(41-42-49)38-31-25-23-28-35-44-53-56(52-43-34-27-22-17-14-11-7-3)48(50)40-33-26-21-16-13-10-6-2/h49H,5-45H2,1-4H3,(H,46,51)/q+1. The van der Waals surface area contributed by atoms with E-state index < -0.39 is 16.3 Å². The molecule has 2 atom stereocenters. The van der Waals surface area contributed by atoms with Gasteiger partial charge in [0.1, 0.15) is 0 Å². The first kappa shape index (κ1) is 57.0. The summed E-state index contributed by atoms with van der Waals surface area (Å²) in [5, 5.41) is 12.7. The van der Waals surface area contributed by atoms with E-state index in [4.69, 9.17) is 18.1 Å². The van der Waals surface area contributed by atoms with Gasteiger partial charge in [0, 0.05) is 24.4 Å². The molecule has 0 radical (unpaired) electrons. The second-order valence-corrected chi connectivity index (χ2v) is 19.4. The van der Waals surface area contributed by atoms with Gasteiger partial charge in [0.15, 0.2) is 6.54 Å². The molecular formula is C45H96N3O7P2+. The molecule has 0 rings (SSSR count). The quantitative estimate of drug-likeness (QED) is 0.0457. The third kappa shape index (κ3) is 39.8. The number of nitrogens with one attached hydrogen (secondary N) is 1. The largest absolute Gasteiger partial charge is 0.551 e. The van der Waals surface area contributed by atoms with Gasteiger partial charge in [-0.05, 0) is 71.4 Å². The average Bonchev–Trinajstić information content (AvgIpc) is 3.20.